The van der Waals surface area contributed by atoms with E-state index in [1.54, 1.807) is 0 Å². The molecule has 8 rings (SSSR count). The molecule has 0 atom stereocenters. The first-order chi connectivity index (χ1) is 19.2. The summed E-state index contributed by atoms with van der Waals surface area (Å²) in [5, 5.41) is 5.18. The molecular weight excluding hydrogens is 558 g/mol. The van der Waals surface area contributed by atoms with Crippen molar-refractivity contribution in [1.82, 2.24) is 4.57 Å². The maximum absolute atomic E-state index is 3.63. The summed E-state index contributed by atoms with van der Waals surface area (Å²) < 4.78 is 6.15. The molecule has 0 fully saturated rings. The molecule has 2 heterocycles. The van der Waals surface area contributed by atoms with Crippen LogP contribution in [0.5, 0.6) is 0 Å². The second-order valence-corrected chi connectivity index (χ2v) is 12.0. The summed E-state index contributed by atoms with van der Waals surface area (Å²) in [5.41, 5.74) is 8.57. The van der Waals surface area contributed by atoms with E-state index in [9.17, 15) is 0 Å². The first kappa shape index (κ1) is 22.8. The van der Waals surface area contributed by atoms with Gasteiger partial charge in [0.1, 0.15) is 0 Å². The second-order valence-electron chi connectivity index (χ2n) is 9.95. The number of hydrogen-bond donors (Lipinski definition) is 0. The fourth-order valence-electron chi connectivity index (χ4n) is 5.79. The number of thiophene rings is 1. The number of hydrogen-bond acceptors (Lipinski definition) is 1. The first-order valence-electron chi connectivity index (χ1n) is 13.0. The van der Waals surface area contributed by atoms with E-state index in [0.29, 0.717) is 0 Å². The number of benzene rings is 6. The minimum Gasteiger partial charge on any atom is -0.309 e. The van der Waals surface area contributed by atoms with Gasteiger partial charge in [-0.2, -0.15) is 0 Å². The van der Waals surface area contributed by atoms with E-state index < -0.39 is 0 Å². The molecule has 39 heavy (non-hydrogen) atoms. The minimum absolute atomic E-state index is 1.12. The fourth-order valence-corrected chi connectivity index (χ4v) is 7.28. The maximum Gasteiger partial charge on any atom is 0.0541 e. The summed E-state index contributed by atoms with van der Waals surface area (Å²) >= 11 is 5.49. The van der Waals surface area contributed by atoms with Crippen molar-refractivity contribution in [3.05, 3.63) is 138 Å². The monoisotopic (exact) mass is 579 g/mol. The van der Waals surface area contributed by atoms with Gasteiger partial charge >= 0.3 is 0 Å². The highest BCUT2D eigenvalue weighted by Gasteiger charge is 2.14. The van der Waals surface area contributed by atoms with Crippen molar-refractivity contribution in [2.45, 2.75) is 0 Å². The van der Waals surface area contributed by atoms with Crippen molar-refractivity contribution in [3.63, 3.8) is 0 Å². The van der Waals surface area contributed by atoms with Crippen LogP contribution in [0, 0.1) is 0 Å². The maximum atomic E-state index is 3.63. The number of aromatic nitrogens is 1. The third-order valence-corrected chi connectivity index (χ3v) is 9.30. The summed E-state index contributed by atoms with van der Waals surface area (Å²) in [4.78, 5) is 0. The Hall–Kier alpha value is -4.18. The van der Waals surface area contributed by atoms with E-state index in [0.717, 1.165) is 4.47 Å². The molecule has 0 N–H and O–H groups in total. The number of para-hydroxylation sites is 1. The highest BCUT2D eigenvalue weighted by Crippen LogP contribution is 2.39. The van der Waals surface area contributed by atoms with Gasteiger partial charge in [-0.15, -0.1) is 11.3 Å². The molecule has 6 aromatic carbocycles. The molecule has 0 aliphatic heterocycles. The normalized spacial score (nSPS) is 11.7. The molecule has 0 unspecified atom stereocenters. The van der Waals surface area contributed by atoms with Crippen molar-refractivity contribution in [3.8, 4) is 27.9 Å². The molecule has 8 aromatic rings. The summed E-state index contributed by atoms with van der Waals surface area (Å²) in [6.45, 7) is 0. The number of nitrogens with zero attached hydrogens (tertiary/aromatic N) is 1. The van der Waals surface area contributed by atoms with E-state index in [1.807, 2.05) is 11.3 Å². The Kier molecular flexibility index (Phi) is 5.22. The Morgan fingerprint density at radius 2 is 1.13 bits per heavy atom. The molecule has 0 radical (unpaired) electrons. The molecule has 0 bridgehead atoms. The molecule has 0 aliphatic rings. The zero-order valence-corrected chi connectivity index (χ0v) is 23.3. The van der Waals surface area contributed by atoms with Crippen LogP contribution in [0.3, 0.4) is 0 Å². The van der Waals surface area contributed by atoms with Crippen LogP contribution >= 0.6 is 27.3 Å². The summed E-state index contributed by atoms with van der Waals surface area (Å²) in [5.74, 6) is 0. The van der Waals surface area contributed by atoms with Crippen LogP contribution in [-0.2, 0) is 0 Å². The smallest absolute Gasteiger partial charge is 0.0541 e. The van der Waals surface area contributed by atoms with E-state index in [4.69, 9.17) is 0 Å². The molecule has 0 amide bonds. The molecule has 3 heteroatoms. The highest BCUT2D eigenvalue weighted by atomic mass is 79.9. The molecular formula is C36H22BrNS. The number of fused-ring (bicyclic) bond motifs is 6. The third kappa shape index (κ3) is 3.73. The molecule has 2 aromatic heterocycles. The number of halogens is 1. The SMILES string of the molecule is Brc1ccc2sc3cc(-c4ccc5c(c4)c4ccccc4n5-c4ccc(-c5ccccc5)cc4)ccc3c2c1. The lowest BCUT2D eigenvalue weighted by Crippen LogP contribution is -1.93. The Labute approximate surface area is 238 Å². The van der Waals surface area contributed by atoms with Crippen molar-refractivity contribution in [1.29, 1.82) is 0 Å². The second kappa shape index (κ2) is 8.94. The van der Waals surface area contributed by atoms with Gasteiger partial charge < -0.3 is 4.57 Å². The van der Waals surface area contributed by atoms with E-state index in [1.165, 1.54) is 69.9 Å². The zero-order chi connectivity index (χ0) is 25.9. The summed E-state index contributed by atoms with van der Waals surface area (Å²) in [6.07, 6.45) is 0. The Morgan fingerprint density at radius 1 is 0.436 bits per heavy atom. The van der Waals surface area contributed by atoms with Crippen LogP contribution in [0.1, 0.15) is 0 Å². The predicted octanol–water partition coefficient (Wildman–Crippen LogP) is 11.2. The molecule has 0 spiro atoms. The molecule has 1 nitrogen and oxygen atoms in total. The summed E-state index contributed by atoms with van der Waals surface area (Å²) in [7, 11) is 0. The van der Waals surface area contributed by atoms with Crippen LogP contribution in [0.4, 0.5) is 0 Å². The zero-order valence-electron chi connectivity index (χ0n) is 20.9. The largest absolute Gasteiger partial charge is 0.309 e. The third-order valence-electron chi connectivity index (χ3n) is 7.67. The minimum atomic E-state index is 1.12. The van der Waals surface area contributed by atoms with Crippen LogP contribution in [0.25, 0.3) is 69.9 Å². The van der Waals surface area contributed by atoms with Gasteiger partial charge in [-0.05, 0) is 76.9 Å². The van der Waals surface area contributed by atoms with Crippen LogP contribution in [0.2, 0.25) is 0 Å². The fraction of sp³-hybridized carbons (Fsp3) is 0. The van der Waals surface area contributed by atoms with Gasteiger partial charge in [0.25, 0.3) is 0 Å². The molecule has 0 saturated heterocycles. The van der Waals surface area contributed by atoms with E-state index in [2.05, 4.69) is 154 Å². The molecule has 184 valence electrons. The Balaban J connectivity index is 1.27. The number of rotatable bonds is 3. The van der Waals surface area contributed by atoms with Crippen molar-refractivity contribution in [2.75, 3.05) is 0 Å². The average molecular weight is 581 g/mol. The van der Waals surface area contributed by atoms with Crippen LogP contribution in [0.15, 0.2) is 138 Å². The lowest BCUT2D eigenvalue weighted by molar-refractivity contribution is 1.18. The van der Waals surface area contributed by atoms with Crippen molar-refractivity contribution < 1.29 is 0 Å². The van der Waals surface area contributed by atoms with Gasteiger partial charge in [0.05, 0.1) is 11.0 Å². The van der Waals surface area contributed by atoms with Crippen molar-refractivity contribution >= 4 is 69.2 Å². The standard InChI is InChI=1S/C36H22BrNS/c37-27-14-19-35-32(22-27)30-17-12-26(21-36(30)39-35)25-13-18-34-31(20-25)29-8-4-5-9-33(29)38(34)28-15-10-24(11-16-28)23-6-2-1-3-7-23/h1-22H. The average Bonchev–Trinajstić information content (AvgIpc) is 3.52. The Morgan fingerprint density at radius 3 is 2.00 bits per heavy atom. The highest BCUT2D eigenvalue weighted by molar-refractivity contribution is 9.10. The van der Waals surface area contributed by atoms with Crippen LogP contribution < -0.4 is 0 Å². The predicted molar refractivity (Wildman–Crippen MR) is 172 cm³/mol. The first-order valence-corrected chi connectivity index (χ1v) is 14.7. The quantitative estimate of drug-likeness (QED) is 0.196. The van der Waals surface area contributed by atoms with Gasteiger partial charge in [0.2, 0.25) is 0 Å². The van der Waals surface area contributed by atoms with Gasteiger partial charge in [0, 0.05) is 41.1 Å². The summed E-state index contributed by atoms with van der Waals surface area (Å²) in [6, 6.07) is 48.5. The molecule has 0 saturated carbocycles. The van der Waals surface area contributed by atoms with Gasteiger partial charge in [-0.3, -0.25) is 0 Å². The lowest BCUT2D eigenvalue weighted by atomic mass is 10.0. The van der Waals surface area contributed by atoms with Crippen molar-refractivity contribution in [2.24, 2.45) is 0 Å². The van der Waals surface area contributed by atoms with Crippen LogP contribution in [-0.4, -0.2) is 4.57 Å². The van der Waals surface area contributed by atoms with Gasteiger partial charge in [0.15, 0.2) is 0 Å². The lowest BCUT2D eigenvalue weighted by Gasteiger charge is -2.10. The van der Waals surface area contributed by atoms with Gasteiger partial charge in [-0.25, -0.2) is 0 Å². The topological polar surface area (TPSA) is 4.93 Å². The van der Waals surface area contributed by atoms with Gasteiger partial charge in [-0.1, -0.05) is 94.8 Å². The van der Waals surface area contributed by atoms with E-state index in [-0.39, 0.29) is 0 Å². The van der Waals surface area contributed by atoms with E-state index >= 15 is 0 Å². The Bertz CT molecular complexity index is 2170. The molecule has 0 aliphatic carbocycles.